The molecular weight excluding hydrogens is 261 g/mol. The van der Waals surface area contributed by atoms with Gasteiger partial charge in [-0.15, -0.1) is 0 Å². The van der Waals surface area contributed by atoms with Crippen LogP contribution in [0.15, 0.2) is 17.1 Å². The predicted molar refractivity (Wildman–Crippen MR) is 60.8 cm³/mol. The van der Waals surface area contributed by atoms with Crippen LogP contribution < -0.4 is 11.4 Å². The first-order chi connectivity index (χ1) is 8.95. The molecule has 0 amide bonds. The lowest BCUT2D eigenvalue weighted by Crippen LogP contribution is -2.45. The number of halogens is 1. The summed E-state index contributed by atoms with van der Waals surface area (Å²) in [6.07, 6.45) is -3.84. The molecule has 0 aliphatic carbocycles. The van der Waals surface area contributed by atoms with Crippen LogP contribution in [-0.4, -0.2) is 51.5 Å². The van der Waals surface area contributed by atoms with Crippen molar-refractivity contribution in [3.63, 3.8) is 0 Å². The number of hydrogen-bond donors (Lipinski definition) is 3. The second-order valence-corrected chi connectivity index (χ2v) is 4.12. The van der Waals surface area contributed by atoms with Gasteiger partial charge in [-0.2, -0.15) is 4.98 Å². The minimum absolute atomic E-state index is 0.00861. The molecule has 2 heterocycles. The molecule has 19 heavy (non-hydrogen) atoms. The first-order valence-corrected chi connectivity index (χ1v) is 5.46. The predicted octanol–water partition coefficient (Wildman–Crippen LogP) is -1.61. The SMILES string of the molecule is COC1(CO)OC(n2ccc(N)nc2=O)C(O)C1F. The Morgan fingerprint density at radius 3 is 2.89 bits per heavy atom. The second-order valence-electron chi connectivity index (χ2n) is 4.12. The van der Waals surface area contributed by atoms with Gasteiger partial charge < -0.3 is 25.4 Å². The van der Waals surface area contributed by atoms with Crippen molar-refractivity contribution in [2.24, 2.45) is 0 Å². The van der Waals surface area contributed by atoms with Crippen LogP contribution in [0.4, 0.5) is 10.2 Å². The fraction of sp³-hybridized carbons (Fsp3) is 0.600. The van der Waals surface area contributed by atoms with Gasteiger partial charge >= 0.3 is 5.69 Å². The van der Waals surface area contributed by atoms with Crippen LogP contribution in [0.3, 0.4) is 0 Å². The number of hydrogen-bond acceptors (Lipinski definition) is 7. The quantitative estimate of drug-likeness (QED) is 0.607. The topological polar surface area (TPSA) is 120 Å². The van der Waals surface area contributed by atoms with E-state index in [1.165, 1.54) is 12.3 Å². The van der Waals surface area contributed by atoms with Crippen molar-refractivity contribution in [3.05, 3.63) is 22.7 Å². The van der Waals surface area contributed by atoms with E-state index in [0.29, 0.717) is 0 Å². The van der Waals surface area contributed by atoms with Crippen molar-refractivity contribution >= 4 is 5.82 Å². The zero-order valence-corrected chi connectivity index (χ0v) is 10.1. The molecular formula is C10H14FN3O5. The number of methoxy groups -OCH3 is 1. The Morgan fingerprint density at radius 2 is 2.42 bits per heavy atom. The third-order valence-corrected chi connectivity index (χ3v) is 3.02. The number of ether oxygens (including phenoxy) is 2. The normalized spacial score (nSPS) is 34.6. The van der Waals surface area contributed by atoms with Crippen molar-refractivity contribution in [2.45, 2.75) is 24.3 Å². The Hall–Kier alpha value is -1.55. The maximum Gasteiger partial charge on any atom is 0.351 e. The number of aliphatic hydroxyl groups excluding tert-OH is 2. The number of aliphatic hydroxyl groups is 2. The lowest BCUT2D eigenvalue weighted by atomic mass is 10.1. The summed E-state index contributed by atoms with van der Waals surface area (Å²) in [6.45, 7) is -0.810. The van der Waals surface area contributed by atoms with Crippen LogP contribution >= 0.6 is 0 Å². The molecule has 2 rings (SSSR count). The molecule has 1 saturated heterocycles. The Labute approximate surface area is 107 Å². The highest BCUT2D eigenvalue weighted by Gasteiger charge is 2.57. The summed E-state index contributed by atoms with van der Waals surface area (Å²) in [4.78, 5) is 15.1. The van der Waals surface area contributed by atoms with Gasteiger partial charge in [0.1, 0.15) is 18.5 Å². The molecule has 0 spiro atoms. The van der Waals surface area contributed by atoms with Crippen molar-refractivity contribution < 1.29 is 24.1 Å². The summed E-state index contributed by atoms with van der Waals surface area (Å²) in [7, 11) is 1.13. The molecule has 8 nitrogen and oxygen atoms in total. The number of aromatic nitrogens is 2. The number of anilines is 1. The molecule has 1 aromatic rings. The molecule has 1 aliphatic rings. The van der Waals surface area contributed by atoms with Crippen LogP contribution in [-0.2, 0) is 9.47 Å². The molecule has 1 aliphatic heterocycles. The van der Waals surface area contributed by atoms with E-state index in [4.69, 9.17) is 20.3 Å². The molecule has 1 aromatic heterocycles. The van der Waals surface area contributed by atoms with Crippen molar-refractivity contribution in [2.75, 3.05) is 19.5 Å². The van der Waals surface area contributed by atoms with Crippen LogP contribution in [0.5, 0.6) is 0 Å². The van der Waals surface area contributed by atoms with Gasteiger partial charge in [0.15, 0.2) is 12.4 Å². The second kappa shape index (κ2) is 4.85. The minimum atomic E-state index is -2.02. The number of nitrogens with two attached hydrogens (primary N) is 1. The van der Waals surface area contributed by atoms with Crippen LogP contribution in [0.2, 0.25) is 0 Å². The van der Waals surface area contributed by atoms with Gasteiger partial charge in [0.2, 0.25) is 5.79 Å². The van der Waals surface area contributed by atoms with Crippen molar-refractivity contribution in [1.82, 2.24) is 9.55 Å². The van der Waals surface area contributed by atoms with E-state index in [1.54, 1.807) is 0 Å². The molecule has 4 N–H and O–H groups in total. The molecule has 0 bridgehead atoms. The lowest BCUT2D eigenvalue weighted by molar-refractivity contribution is -0.260. The first-order valence-electron chi connectivity index (χ1n) is 5.46. The zero-order valence-electron chi connectivity index (χ0n) is 10.1. The van der Waals surface area contributed by atoms with Crippen LogP contribution in [0, 0.1) is 0 Å². The average Bonchev–Trinajstić information content (AvgIpc) is 2.64. The molecule has 1 fully saturated rings. The van der Waals surface area contributed by atoms with Gasteiger partial charge in [0.25, 0.3) is 0 Å². The standard InChI is InChI=1S/C10H14FN3O5/c1-18-10(4-15)7(11)6(16)8(19-10)14-3-2-5(12)13-9(14)17/h2-3,6-8,15-16H,4H2,1H3,(H2,12,13,17). The minimum Gasteiger partial charge on any atom is -0.391 e. The Morgan fingerprint density at radius 1 is 1.74 bits per heavy atom. The number of rotatable bonds is 3. The third kappa shape index (κ3) is 2.10. The van der Waals surface area contributed by atoms with Crippen molar-refractivity contribution in [1.29, 1.82) is 0 Å². The van der Waals surface area contributed by atoms with Crippen molar-refractivity contribution in [3.8, 4) is 0 Å². The number of alkyl halides is 1. The van der Waals surface area contributed by atoms with Gasteiger partial charge in [-0.05, 0) is 6.07 Å². The summed E-state index contributed by atoms with van der Waals surface area (Å²) in [5, 5.41) is 19.0. The largest absolute Gasteiger partial charge is 0.391 e. The maximum absolute atomic E-state index is 14.0. The number of nitrogen functional groups attached to an aromatic ring is 1. The summed E-state index contributed by atoms with van der Waals surface area (Å²) in [6, 6.07) is 1.30. The van der Waals surface area contributed by atoms with E-state index < -0.39 is 36.6 Å². The Balaban J connectivity index is 2.39. The van der Waals surface area contributed by atoms with E-state index in [-0.39, 0.29) is 5.82 Å². The van der Waals surface area contributed by atoms with Gasteiger partial charge in [-0.1, -0.05) is 0 Å². The Bertz CT molecular complexity index is 518. The van der Waals surface area contributed by atoms with Gasteiger partial charge in [0, 0.05) is 13.3 Å². The summed E-state index contributed by atoms with van der Waals surface area (Å²) >= 11 is 0. The zero-order chi connectivity index (χ0) is 14.2. The maximum atomic E-state index is 14.0. The number of nitrogens with zero attached hydrogens (tertiary/aromatic N) is 2. The van der Waals surface area contributed by atoms with Crippen LogP contribution in [0.25, 0.3) is 0 Å². The first kappa shape index (κ1) is 13.9. The lowest BCUT2D eigenvalue weighted by Gasteiger charge is -2.26. The third-order valence-electron chi connectivity index (χ3n) is 3.02. The van der Waals surface area contributed by atoms with E-state index in [0.717, 1.165) is 11.7 Å². The van der Waals surface area contributed by atoms with Gasteiger partial charge in [-0.25, -0.2) is 9.18 Å². The van der Waals surface area contributed by atoms with Crippen LogP contribution in [0.1, 0.15) is 6.23 Å². The van der Waals surface area contributed by atoms with E-state index in [2.05, 4.69) is 4.98 Å². The fourth-order valence-electron chi connectivity index (χ4n) is 1.93. The summed E-state index contributed by atoms with van der Waals surface area (Å²) in [5.74, 6) is -2.02. The highest BCUT2D eigenvalue weighted by atomic mass is 19.1. The molecule has 4 unspecified atom stereocenters. The summed E-state index contributed by atoms with van der Waals surface area (Å²) in [5.41, 5.74) is 4.52. The van der Waals surface area contributed by atoms with E-state index in [1.807, 2.05) is 0 Å². The molecule has 0 aromatic carbocycles. The molecule has 0 radical (unpaired) electrons. The summed E-state index contributed by atoms with van der Waals surface area (Å²) < 4.78 is 24.8. The smallest absolute Gasteiger partial charge is 0.351 e. The molecule has 4 atom stereocenters. The molecule has 106 valence electrons. The van der Waals surface area contributed by atoms with Gasteiger partial charge in [-0.3, -0.25) is 4.57 Å². The highest BCUT2D eigenvalue weighted by Crippen LogP contribution is 2.38. The monoisotopic (exact) mass is 275 g/mol. The fourth-order valence-corrected chi connectivity index (χ4v) is 1.93. The molecule has 9 heteroatoms. The van der Waals surface area contributed by atoms with E-state index >= 15 is 0 Å². The molecule has 0 saturated carbocycles. The highest BCUT2D eigenvalue weighted by molar-refractivity contribution is 5.23. The van der Waals surface area contributed by atoms with Gasteiger partial charge in [0.05, 0.1) is 0 Å². The average molecular weight is 275 g/mol. The Kier molecular flexibility index (Phi) is 3.54. The van der Waals surface area contributed by atoms with E-state index in [9.17, 15) is 14.3 Å².